The number of nitrogens with zero attached hydrogens (tertiary/aromatic N) is 3. The number of amides is 3. The zero-order valence-electron chi connectivity index (χ0n) is 20.7. The number of fused-ring (bicyclic) bond motifs is 2. The Morgan fingerprint density at radius 3 is 2.54 bits per heavy atom. The van der Waals surface area contributed by atoms with Crippen molar-refractivity contribution < 1.29 is 14.4 Å². The van der Waals surface area contributed by atoms with Crippen LogP contribution in [0.15, 0.2) is 30.3 Å². The molecule has 2 atom stereocenters. The molecule has 2 unspecified atom stereocenters. The summed E-state index contributed by atoms with van der Waals surface area (Å²) in [5.41, 5.74) is 1.88. The van der Waals surface area contributed by atoms with Gasteiger partial charge in [-0.3, -0.25) is 19.1 Å². The van der Waals surface area contributed by atoms with Gasteiger partial charge >= 0.3 is 0 Å². The lowest BCUT2D eigenvalue weighted by molar-refractivity contribution is -0.133. The number of nitrogens with one attached hydrogen (secondary N) is 2. The van der Waals surface area contributed by atoms with E-state index >= 15 is 0 Å². The maximum atomic E-state index is 13.4. The minimum Gasteiger partial charge on any atom is -0.351 e. The minimum absolute atomic E-state index is 0.0693. The maximum Gasteiger partial charge on any atom is 0.272 e. The van der Waals surface area contributed by atoms with Gasteiger partial charge < -0.3 is 15.5 Å². The van der Waals surface area contributed by atoms with Gasteiger partial charge in [-0.1, -0.05) is 49.9 Å². The zero-order valence-corrected chi connectivity index (χ0v) is 20.7. The molecule has 35 heavy (non-hydrogen) atoms. The number of carbonyl (C=O) groups excluding carboxylic acids is 3. The summed E-state index contributed by atoms with van der Waals surface area (Å²) < 4.78 is 1.53. The van der Waals surface area contributed by atoms with Crippen LogP contribution in [0.3, 0.4) is 0 Å². The second kappa shape index (κ2) is 9.47. The van der Waals surface area contributed by atoms with E-state index < -0.39 is 5.54 Å². The van der Waals surface area contributed by atoms with Crippen molar-refractivity contribution in [3.05, 3.63) is 52.8 Å². The highest BCUT2D eigenvalue weighted by atomic mass is 16.2. The molecule has 2 N–H and O–H groups in total. The van der Waals surface area contributed by atoms with Crippen molar-refractivity contribution in [1.29, 1.82) is 0 Å². The van der Waals surface area contributed by atoms with E-state index in [0.29, 0.717) is 5.69 Å². The summed E-state index contributed by atoms with van der Waals surface area (Å²) in [5.74, 6) is -0.760. The first-order valence-electron chi connectivity index (χ1n) is 12.9. The molecule has 1 aromatic carbocycles. The molecule has 0 spiro atoms. The lowest BCUT2D eigenvalue weighted by Gasteiger charge is -2.41. The highest BCUT2D eigenvalue weighted by Crippen LogP contribution is 2.30. The third-order valence-electron chi connectivity index (χ3n) is 8.09. The summed E-state index contributed by atoms with van der Waals surface area (Å²) in [6.07, 6.45) is 9.49. The molecule has 1 aromatic heterocycles. The van der Waals surface area contributed by atoms with Crippen LogP contribution < -0.4 is 10.6 Å². The van der Waals surface area contributed by atoms with Crippen LogP contribution in [0.5, 0.6) is 0 Å². The van der Waals surface area contributed by atoms with Gasteiger partial charge in [0.05, 0.1) is 12.6 Å². The number of carbonyl (C=O) groups is 3. The Morgan fingerprint density at radius 1 is 1.03 bits per heavy atom. The molecule has 1 fully saturated rings. The smallest absolute Gasteiger partial charge is 0.272 e. The Morgan fingerprint density at radius 2 is 1.77 bits per heavy atom. The highest BCUT2D eigenvalue weighted by molar-refractivity contribution is 6.01. The molecule has 1 saturated carbocycles. The molecular weight excluding hydrogens is 442 g/mol. The molecule has 8 nitrogen and oxygen atoms in total. The van der Waals surface area contributed by atoms with E-state index in [-0.39, 0.29) is 42.0 Å². The SMILES string of the molecule is CN1C(=O)c2cc(C(=O)NC3CCCc4ccccc43)nn2CC1(C)C(=O)NC1CCCCCC1. The summed E-state index contributed by atoms with van der Waals surface area (Å²) in [6, 6.07) is 9.81. The average molecular weight is 478 g/mol. The molecule has 0 radical (unpaired) electrons. The largest absolute Gasteiger partial charge is 0.351 e. The van der Waals surface area contributed by atoms with Gasteiger partial charge in [-0.15, -0.1) is 0 Å². The Labute approximate surface area is 206 Å². The third kappa shape index (κ3) is 4.46. The van der Waals surface area contributed by atoms with Crippen molar-refractivity contribution in [3.8, 4) is 0 Å². The molecule has 3 amide bonds. The average Bonchev–Trinajstić information content (AvgIpc) is 3.11. The van der Waals surface area contributed by atoms with Crippen molar-refractivity contribution in [2.24, 2.45) is 0 Å². The molecule has 1 aliphatic heterocycles. The highest BCUT2D eigenvalue weighted by Gasteiger charge is 2.46. The van der Waals surface area contributed by atoms with Crippen LogP contribution in [0.2, 0.25) is 0 Å². The fourth-order valence-corrected chi connectivity index (χ4v) is 5.74. The fourth-order valence-electron chi connectivity index (χ4n) is 5.74. The van der Waals surface area contributed by atoms with Gasteiger partial charge in [0.2, 0.25) is 5.91 Å². The van der Waals surface area contributed by atoms with E-state index in [4.69, 9.17) is 0 Å². The minimum atomic E-state index is -1.07. The molecule has 2 aliphatic carbocycles. The van der Waals surface area contributed by atoms with Gasteiger partial charge in [-0.05, 0) is 50.2 Å². The van der Waals surface area contributed by atoms with Crippen molar-refractivity contribution in [3.63, 3.8) is 0 Å². The van der Waals surface area contributed by atoms with Crippen molar-refractivity contribution in [2.75, 3.05) is 7.05 Å². The van der Waals surface area contributed by atoms with Gasteiger partial charge in [0.25, 0.3) is 11.8 Å². The zero-order chi connectivity index (χ0) is 24.6. The van der Waals surface area contributed by atoms with Crippen LogP contribution in [-0.4, -0.2) is 51.0 Å². The molecule has 5 rings (SSSR count). The van der Waals surface area contributed by atoms with Crippen molar-refractivity contribution in [2.45, 2.75) is 88.9 Å². The van der Waals surface area contributed by atoms with Gasteiger partial charge in [0.15, 0.2) is 5.69 Å². The van der Waals surface area contributed by atoms with Crippen LogP contribution in [-0.2, 0) is 17.8 Å². The molecule has 3 aliphatic rings. The van der Waals surface area contributed by atoms with Crippen LogP contribution in [0.4, 0.5) is 0 Å². The van der Waals surface area contributed by atoms with E-state index in [0.717, 1.165) is 50.5 Å². The van der Waals surface area contributed by atoms with E-state index in [9.17, 15) is 14.4 Å². The third-order valence-corrected chi connectivity index (χ3v) is 8.09. The number of hydrogen-bond donors (Lipinski definition) is 2. The summed E-state index contributed by atoms with van der Waals surface area (Å²) in [7, 11) is 1.66. The van der Waals surface area contributed by atoms with E-state index in [1.807, 2.05) is 12.1 Å². The molecule has 2 heterocycles. The van der Waals surface area contributed by atoms with Gasteiger partial charge in [0, 0.05) is 19.2 Å². The van der Waals surface area contributed by atoms with Gasteiger partial charge in [0.1, 0.15) is 11.2 Å². The standard InChI is InChI=1S/C27H35N5O3/c1-27(26(35)28-19-12-5-3-4-6-13-19)17-32-23(25(34)31(27)2)16-22(30-32)24(33)29-21-15-9-11-18-10-7-8-14-20(18)21/h7-8,10,14,16,19,21H,3-6,9,11-13,15,17H2,1-2H3,(H,28,35)(H,29,33). The lowest BCUT2D eigenvalue weighted by Crippen LogP contribution is -2.63. The summed E-state index contributed by atoms with van der Waals surface area (Å²) in [5, 5.41) is 10.8. The van der Waals surface area contributed by atoms with Crippen LogP contribution in [0.25, 0.3) is 0 Å². The Hall–Kier alpha value is -3.16. The van der Waals surface area contributed by atoms with Gasteiger partial charge in [-0.2, -0.15) is 5.10 Å². The molecule has 0 bridgehead atoms. The number of aromatic nitrogens is 2. The van der Waals surface area contributed by atoms with Crippen LogP contribution >= 0.6 is 0 Å². The van der Waals surface area contributed by atoms with Crippen molar-refractivity contribution >= 4 is 17.7 Å². The Kier molecular flexibility index (Phi) is 6.38. The Bertz CT molecular complexity index is 1130. The first-order valence-corrected chi connectivity index (χ1v) is 12.9. The first-order chi connectivity index (χ1) is 16.9. The maximum absolute atomic E-state index is 13.4. The predicted octanol–water partition coefficient (Wildman–Crippen LogP) is 3.37. The fraction of sp³-hybridized carbons (Fsp3) is 0.556. The number of rotatable bonds is 4. The first kappa shape index (κ1) is 23.6. The molecule has 8 heteroatoms. The number of hydrogen-bond acceptors (Lipinski definition) is 4. The normalized spacial score (nSPS) is 24.8. The monoisotopic (exact) mass is 477 g/mol. The van der Waals surface area contributed by atoms with E-state index in [1.54, 1.807) is 20.0 Å². The number of likely N-dealkylation sites (N-methyl/N-ethyl adjacent to an activating group) is 1. The second-order valence-electron chi connectivity index (χ2n) is 10.5. The van der Waals surface area contributed by atoms with Crippen molar-refractivity contribution in [1.82, 2.24) is 25.3 Å². The van der Waals surface area contributed by atoms with Crippen LogP contribution in [0.1, 0.15) is 96.4 Å². The Balaban J connectivity index is 1.33. The van der Waals surface area contributed by atoms with E-state index in [1.165, 1.54) is 28.0 Å². The predicted molar refractivity (Wildman–Crippen MR) is 132 cm³/mol. The number of benzene rings is 1. The molecular formula is C27H35N5O3. The summed E-state index contributed by atoms with van der Waals surface area (Å²) in [4.78, 5) is 41.2. The topological polar surface area (TPSA) is 96.3 Å². The summed E-state index contributed by atoms with van der Waals surface area (Å²) in [6.45, 7) is 1.99. The number of aryl methyl sites for hydroxylation is 1. The van der Waals surface area contributed by atoms with E-state index in [2.05, 4.69) is 27.9 Å². The molecule has 2 aromatic rings. The molecule has 186 valence electrons. The van der Waals surface area contributed by atoms with Crippen LogP contribution in [0, 0.1) is 0 Å². The quantitative estimate of drug-likeness (QED) is 0.660. The van der Waals surface area contributed by atoms with Gasteiger partial charge in [-0.25, -0.2) is 0 Å². The summed E-state index contributed by atoms with van der Waals surface area (Å²) >= 11 is 0. The second-order valence-corrected chi connectivity index (χ2v) is 10.5. The molecule has 0 saturated heterocycles. The lowest BCUT2D eigenvalue weighted by atomic mass is 9.87.